The summed E-state index contributed by atoms with van der Waals surface area (Å²) in [6.07, 6.45) is 3.79. The number of nitrogens with zero attached hydrogens (tertiary/aromatic N) is 4. The fraction of sp³-hybridized carbons (Fsp3) is 0. The van der Waals surface area contributed by atoms with Crippen LogP contribution in [0.3, 0.4) is 0 Å². The van der Waals surface area contributed by atoms with E-state index in [0.717, 1.165) is 10.9 Å². The van der Waals surface area contributed by atoms with Gasteiger partial charge in [-0.05, 0) is 12.1 Å². The van der Waals surface area contributed by atoms with E-state index < -0.39 is 10.9 Å². The van der Waals surface area contributed by atoms with E-state index in [1.807, 2.05) is 0 Å². The summed E-state index contributed by atoms with van der Waals surface area (Å²) in [5.74, 6) is -1.19. The zero-order chi connectivity index (χ0) is 12.4. The molecule has 17 heavy (non-hydrogen) atoms. The summed E-state index contributed by atoms with van der Waals surface area (Å²) in [4.78, 5) is 24.4. The molecule has 2 aromatic heterocycles. The maximum Gasteiger partial charge on any atom is 0.356 e. The van der Waals surface area contributed by atoms with Crippen LogP contribution in [0.15, 0.2) is 30.7 Å². The minimum Gasteiger partial charge on any atom is -0.476 e. The lowest BCUT2D eigenvalue weighted by Gasteiger charge is -2.00. The van der Waals surface area contributed by atoms with Crippen LogP contribution in [0.5, 0.6) is 0 Å². The summed E-state index contributed by atoms with van der Waals surface area (Å²) in [5.41, 5.74) is -0.263. The first-order chi connectivity index (χ1) is 8.09. The summed E-state index contributed by atoms with van der Waals surface area (Å²) in [6.45, 7) is 0. The first-order valence-corrected chi connectivity index (χ1v) is 4.47. The molecule has 0 aromatic carbocycles. The standard InChI is InChI=1S/C9H6N4O4/c14-9(15)6-2-4-12(11-6)7-1-3-10-5-8(7)13(16)17/h1-5H,(H,14,15). The third-order valence-electron chi connectivity index (χ3n) is 2.03. The molecule has 0 aliphatic heterocycles. The molecule has 86 valence electrons. The number of aromatic nitrogens is 3. The van der Waals surface area contributed by atoms with Crippen molar-refractivity contribution in [3.8, 4) is 5.69 Å². The van der Waals surface area contributed by atoms with Crippen LogP contribution in [0.2, 0.25) is 0 Å². The Morgan fingerprint density at radius 3 is 2.82 bits per heavy atom. The first-order valence-electron chi connectivity index (χ1n) is 4.47. The quantitative estimate of drug-likeness (QED) is 0.623. The predicted octanol–water partition coefficient (Wildman–Crippen LogP) is 0.874. The highest BCUT2D eigenvalue weighted by Gasteiger charge is 2.17. The van der Waals surface area contributed by atoms with Gasteiger partial charge in [0, 0.05) is 12.4 Å². The average Bonchev–Trinajstić information content (AvgIpc) is 2.78. The van der Waals surface area contributed by atoms with Gasteiger partial charge in [0.1, 0.15) is 11.9 Å². The number of rotatable bonds is 3. The number of carbonyl (C=O) groups is 1. The molecule has 0 bridgehead atoms. The zero-order valence-electron chi connectivity index (χ0n) is 8.35. The SMILES string of the molecule is O=C(O)c1ccn(-c2ccncc2[N+](=O)[O-])n1. The molecular formula is C9H6N4O4. The minimum absolute atomic E-state index is 0.164. The molecule has 0 saturated heterocycles. The highest BCUT2D eigenvalue weighted by Crippen LogP contribution is 2.20. The molecule has 2 aromatic rings. The van der Waals surface area contributed by atoms with Crippen molar-refractivity contribution in [3.05, 3.63) is 46.5 Å². The summed E-state index contributed by atoms with van der Waals surface area (Å²) in [5, 5.41) is 23.2. The third-order valence-corrected chi connectivity index (χ3v) is 2.03. The fourth-order valence-electron chi connectivity index (χ4n) is 1.29. The lowest BCUT2D eigenvalue weighted by Crippen LogP contribution is -2.03. The van der Waals surface area contributed by atoms with Gasteiger partial charge in [-0.3, -0.25) is 15.1 Å². The normalized spacial score (nSPS) is 10.1. The van der Waals surface area contributed by atoms with E-state index >= 15 is 0 Å². The second kappa shape index (κ2) is 4.00. The van der Waals surface area contributed by atoms with Crippen molar-refractivity contribution < 1.29 is 14.8 Å². The molecule has 0 aliphatic rings. The molecule has 0 spiro atoms. The number of hydrogen-bond acceptors (Lipinski definition) is 5. The molecule has 8 nitrogen and oxygen atoms in total. The van der Waals surface area contributed by atoms with Crippen molar-refractivity contribution in [2.24, 2.45) is 0 Å². The van der Waals surface area contributed by atoms with Gasteiger partial charge in [-0.25, -0.2) is 9.48 Å². The van der Waals surface area contributed by atoms with Crippen molar-refractivity contribution >= 4 is 11.7 Å². The van der Waals surface area contributed by atoms with E-state index in [9.17, 15) is 14.9 Å². The molecule has 0 atom stereocenters. The van der Waals surface area contributed by atoms with E-state index in [1.54, 1.807) is 0 Å². The predicted molar refractivity (Wildman–Crippen MR) is 55.0 cm³/mol. The monoisotopic (exact) mass is 234 g/mol. The summed E-state index contributed by atoms with van der Waals surface area (Å²) in [6, 6.07) is 2.64. The maximum absolute atomic E-state index is 10.7. The Morgan fingerprint density at radius 1 is 1.47 bits per heavy atom. The molecule has 0 unspecified atom stereocenters. The molecule has 0 aliphatic carbocycles. The number of aromatic carboxylic acids is 1. The van der Waals surface area contributed by atoms with Crippen LogP contribution >= 0.6 is 0 Å². The van der Waals surface area contributed by atoms with E-state index in [0.29, 0.717) is 0 Å². The highest BCUT2D eigenvalue weighted by atomic mass is 16.6. The van der Waals surface area contributed by atoms with E-state index in [1.165, 1.54) is 24.5 Å². The third kappa shape index (κ3) is 1.95. The van der Waals surface area contributed by atoms with Crippen molar-refractivity contribution in [2.45, 2.75) is 0 Å². The van der Waals surface area contributed by atoms with E-state index in [4.69, 9.17) is 5.11 Å². The lowest BCUT2D eigenvalue weighted by atomic mass is 10.3. The minimum atomic E-state index is -1.19. The number of carboxylic acid groups (broad SMARTS) is 1. The second-order valence-electron chi connectivity index (χ2n) is 3.07. The molecule has 2 rings (SSSR count). The topological polar surface area (TPSA) is 111 Å². The van der Waals surface area contributed by atoms with Gasteiger partial charge in [-0.1, -0.05) is 0 Å². The molecule has 0 amide bonds. The van der Waals surface area contributed by atoms with Crippen LogP contribution in [0, 0.1) is 10.1 Å². The van der Waals surface area contributed by atoms with Crippen molar-refractivity contribution in [3.63, 3.8) is 0 Å². The molecule has 0 saturated carbocycles. The van der Waals surface area contributed by atoms with Crippen molar-refractivity contribution in [2.75, 3.05) is 0 Å². The van der Waals surface area contributed by atoms with E-state index in [2.05, 4.69) is 10.1 Å². The number of nitro groups is 1. The molecule has 8 heteroatoms. The van der Waals surface area contributed by atoms with Gasteiger partial charge in [-0.2, -0.15) is 5.10 Å². The molecule has 0 fully saturated rings. The zero-order valence-corrected chi connectivity index (χ0v) is 8.35. The van der Waals surface area contributed by atoms with Gasteiger partial charge in [0.25, 0.3) is 0 Å². The van der Waals surface area contributed by atoms with Crippen LogP contribution in [-0.4, -0.2) is 30.8 Å². The number of carboxylic acids is 1. The van der Waals surface area contributed by atoms with E-state index in [-0.39, 0.29) is 17.1 Å². The molecular weight excluding hydrogens is 228 g/mol. The Morgan fingerprint density at radius 2 is 2.24 bits per heavy atom. The summed E-state index contributed by atoms with van der Waals surface area (Å²) < 4.78 is 1.13. The van der Waals surface area contributed by atoms with Crippen LogP contribution < -0.4 is 0 Å². The fourth-order valence-corrected chi connectivity index (χ4v) is 1.29. The Hall–Kier alpha value is -2.77. The van der Waals surface area contributed by atoms with Crippen LogP contribution in [0.25, 0.3) is 5.69 Å². The molecule has 1 N–H and O–H groups in total. The summed E-state index contributed by atoms with van der Waals surface area (Å²) in [7, 11) is 0. The Kier molecular flexibility index (Phi) is 2.53. The van der Waals surface area contributed by atoms with Crippen molar-refractivity contribution in [1.82, 2.24) is 14.8 Å². The highest BCUT2D eigenvalue weighted by molar-refractivity contribution is 5.85. The average molecular weight is 234 g/mol. The van der Waals surface area contributed by atoms with Gasteiger partial charge >= 0.3 is 11.7 Å². The van der Waals surface area contributed by atoms with Crippen LogP contribution in [0.4, 0.5) is 5.69 Å². The molecule has 2 heterocycles. The van der Waals surface area contributed by atoms with Crippen molar-refractivity contribution in [1.29, 1.82) is 0 Å². The van der Waals surface area contributed by atoms with Crippen LogP contribution in [0.1, 0.15) is 10.5 Å². The lowest BCUT2D eigenvalue weighted by molar-refractivity contribution is -0.385. The van der Waals surface area contributed by atoms with Gasteiger partial charge in [0.15, 0.2) is 5.69 Å². The number of pyridine rings is 1. The van der Waals surface area contributed by atoms with Gasteiger partial charge in [0.05, 0.1) is 4.92 Å². The first kappa shape index (κ1) is 10.7. The maximum atomic E-state index is 10.7. The number of hydrogen-bond donors (Lipinski definition) is 1. The Labute approximate surface area is 94.3 Å². The van der Waals surface area contributed by atoms with Gasteiger partial charge in [0.2, 0.25) is 0 Å². The second-order valence-corrected chi connectivity index (χ2v) is 3.07. The van der Waals surface area contributed by atoms with Gasteiger partial charge < -0.3 is 5.11 Å². The Balaban J connectivity index is 2.52. The smallest absolute Gasteiger partial charge is 0.356 e. The largest absolute Gasteiger partial charge is 0.476 e. The molecule has 0 radical (unpaired) electrons. The van der Waals surface area contributed by atoms with Gasteiger partial charge in [-0.15, -0.1) is 0 Å². The summed E-state index contributed by atoms with van der Waals surface area (Å²) >= 11 is 0. The van der Waals surface area contributed by atoms with Crippen LogP contribution in [-0.2, 0) is 0 Å². The Bertz CT molecular complexity index is 592.